The number of nitrogens with one attached hydrogen (secondary N) is 1. The van der Waals surface area contributed by atoms with E-state index in [1.165, 1.54) is 0 Å². The van der Waals surface area contributed by atoms with E-state index >= 15 is 0 Å². The summed E-state index contributed by atoms with van der Waals surface area (Å²) in [6, 6.07) is 3.08. The average Bonchev–Trinajstić information content (AvgIpc) is 2.34. The molecule has 1 aromatic carbocycles. The van der Waals surface area contributed by atoms with Crippen molar-refractivity contribution in [3.05, 3.63) is 32.8 Å². The smallest absolute Gasteiger partial charge is 0.238 e. The van der Waals surface area contributed by atoms with Crippen LogP contribution in [0.1, 0.15) is 25.5 Å². The molecule has 1 rings (SSSR count). The van der Waals surface area contributed by atoms with E-state index in [1.807, 2.05) is 13.8 Å². The van der Waals surface area contributed by atoms with Crippen molar-refractivity contribution in [2.45, 2.75) is 25.9 Å². The fraction of sp³-hybridized carbons (Fsp3) is 0.462. The number of likely N-dealkylation sites (N-methyl/N-ethyl adjacent to an activating group) is 1. The second kappa shape index (κ2) is 6.80. The van der Waals surface area contributed by atoms with Crippen LogP contribution in [0.15, 0.2) is 12.1 Å². The predicted molar refractivity (Wildman–Crippen MR) is 81.2 cm³/mol. The van der Waals surface area contributed by atoms with Crippen LogP contribution in [-0.4, -0.2) is 30.9 Å². The molecule has 0 aromatic heterocycles. The number of benzene rings is 1. The van der Waals surface area contributed by atoms with E-state index < -0.39 is 0 Å². The Hall–Kier alpha value is -0.480. The Morgan fingerprint density at radius 1 is 1.16 bits per heavy atom. The van der Waals surface area contributed by atoms with E-state index in [9.17, 15) is 4.79 Å². The first-order chi connectivity index (χ1) is 8.75. The summed E-state index contributed by atoms with van der Waals surface area (Å²) in [5, 5.41) is 4.35. The van der Waals surface area contributed by atoms with Crippen molar-refractivity contribution in [2.75, 3.05) is 14.1 Å². The zero-order chi connectivity index (χ0) is 14.7. The van der Waals surface area contributed by atoms with Gasteiger partial charge in [-0.2, -0.15) is 0 Å². The Kier molecular flexibility index (Phi) is 5.93. The van der Waals surface area contributed by atoms with Crippen molar-refractivity contribution in [1.82, 2.24) is 10.2 Å². The maximum absolute atomic E-state index is 11.8. The Bertz CT molecular complexity index is 477. The minimum atomic E-state index is -0.310. The quantitative estimate of drug-likeness (QED) is 0.855. The van der Waals surface area contributed by atoms with Crippen LogP contribution in [-0.2, 0) is 4.79 Å². The van der Waals surface area contributed by atoms with E-state index in [4.69, 9.17) is 34.8 Å². The third-order valence-electron chi connectivity index (χ3n) is 2.84. The summed E-state index contributed by atoms with van der Waals surface area (Å²) in [5.74, 6) is 0.00281. The van der Waals surface area contributed by atoms with Gasteiger partial charge in [-0.1, -0.05) is 40.9 Å². The molecule has 0 fully saturated rings. The maximum atomic E-state index is 11.8. The highest BCUT2D eigenvalue weighted by atomic mass is 35.5. The summed E-state index contributed by atoms with van der Waals surface area (Å²) in [5.41, 5.74) is 0.814. The molecule has 0 spiro atoms. The topological polar surface area (TPSA) is 32.3 Å². The highest BCUT2D eigenvalue weighted by Gasteiger charge is 2.20. The molecule has 0 saturated heterocycles. The lowest BCUT2D eigenvalue weighted by Crippen LogP contribution is -2.42. The van der Waals surface area contributed by atoms with Gasteiger partial charge in [0.2, 0.25) is 5.91 Å². The first kappa shape index (κ1) is 16.6. The number of hydrogen-bond acceptors (Lipinski definition) is 2. The van der Waals surface area contributed by atoms with Crippen molar-refractivity contribution in [3.63, 3.8) is 0 Å². The van der Waals surface area contributed by atoms with Crippen LogP contribution in [0.4, 0.5) is 0 Å². The van der Waals surface area contributed by atoms with Crippen LogP contribution in [0.25, 0.3) is 0 Å². The first-order valence-electron chi connectivity index (χ1n) is 5.86. The third-order valence-corrected chi connectivity index (χ3v) is 4.15. The molecule has 0 aliphatic heterocycles. The van der Waals surface area contributed by atoms with Gasteiger partial charge < -0.3 is 4.90 Å². The highest BCUT2D eigenvalue weighted by Crippen LogP contribution is 2.35. The number of rotatable bonds is 4. The number of halogens is 3. The van der Waals surface area contributed by atoms with Gasteiger partial charge in [-0.3, -0.25) is 10.1 Å². The fourth-order valence-corrected chi connectivity index (χ4v) is 2.51. The lowest BCUT2D eigenvalue weighted by Gasteiger charge is -2.23. The monoisotopic (exact) mass is 322 g/mol. The SMILES string of the molecule is CC(NC(C)c1ccc(Cl)c(Cl)c1Cl)C(=O)N(C)C. The molecule has 0 radical (unpaired) electrons. The molecule has 6 heteroatoms. The lowest BCUT2D eigenvalue weighted by atomic mass is 10.1. The number of nitrogens with zero attached hydrogens (tertiary/aromatic N) is 1. The molecule has 0 bridgehead atoms. The Labute approximate surface area is 128 Å². The van der Waals surface area contributed by atoms with Gasteiger partial charge in [-0.25, -0.2) is 0 Å². The molecule has 0 heterocycles. The average molecular weight is 324 g/mol. The van der Waals surface area contributed by atoms with E-state index in [1.54, 1.807) is 31.1 Å². The molecule has 3 nitrogen and oxygen atoms in total. The van der Waals surface area contributed by atoms with Crippen molar-refractivity contribution in [1.29, 1.82) is 0 Å². The van der Waals surface area contributed by atoms with Gasteiger partial charge in [-0.15, -0.1) is 0 Å². The Morgan fingerprint density at radius 2 is 1.74 bits per heavy atom. The molecule has 0 aliphatic carbocycles. The number of carbonyl (C=O) groups excluding carboxylic acids is 1. The fourth-order valence-electron chi connectivity index (χ4n) is 1.80. The molecule has 106 valence electrons. The standard InChI is InChI=1S/C13H17Cl3N2O/c1-7(17-8(2)13(19)18(3)4)9-5-6-10(14)12(16)11(9)15/h5-8,17H,1-4H3. The molecule has 19 heavy (non-hydrogen) atoms. The van der Waals surface area contributed by atoms with Crippen LogP contribution >= 0.6 is 34.8 Å². The number of carbonyl (C=O) groups is 1. The molecule has 2 atom stereocenters. The molecule has 0 aliphatic rings. The maximum Gasteiger partial charge on any atom is 0.238 e. The molecule has 1 N–H and O–H groups in total. The minimum absolute atomic E-state index is 0.00281. The number of hydrogen-bond donors (Lipinski definition) is 1. The minimum Gasteiger partial charge on any atom is -0.347 e. The van der Waals surface area contributed by atoms with E-state index in [0.717, 1.165) is 5.56 Å². The second-order valence-corrected chi connectivity index (χ2v) is 5.77. The van der Waals surface area contributed by atoms with Crippen molar-refractivity contribution in [2.24, 2.45) is 0 Å². The van der Waals surface area contributed by atoms with Gasteiger partial charge in [0, 0.05) is 20.1 Å². The van der Waals surface area contributed by atoms with Crippen LogP contribution in [0.5, 0.6) is 0 Å². The lowest BCUT2D eigenvalue weighted by molar-refractivity contribution is -0.130. The van der Waals surface area contributed by atoms with Crippen molar-refractivity contribution in [3.8, 4) is 0 Å². The van der Waals surface area contributed by atoms with Gasteiger partial charge >= 0.3 is 0 Å². The summed E-state index contributed by atoms with van der Waals surface area (Å²) in [4.78, 5) is 13.3. The summed E-state index contributed by atoms with van der Waals surface area (Å²) in [7, 11) is 3.44. The predicted octanol–water partition coefficient (Wildman–Crippen LogP) is 3.77. The molecular weight excluding hydrogens is 307 g/mol. The summed E-state index contributed by atoms with van der Waals surface area (Å²) < 4.78 is 0. The number of amides is 1. The first-order valence-corrected chi connectivity index (χ1v) is 6.99. The molecular formula is C13H17Cl3N2O. The Balaban J connectivity index is 2.87. The van der Waals surface area contributed by atoms with Crippen molar-refractivity contribution >= 4 is 40.7 Å². The third kappa shape index (κ3) is 3.99. The largest absolute Gasteiger partial charge is 0.347 e. The summed E-state index contributed by atoms with van der Waals surface area (Å²) in [6.07, 6.45) is 0. The summed E-state index contributed by atoms with van der Waals surface area (Å²) in [6.45, 7) is 3.73. The van der Waals surface area contributed by atoms with Gasteiger partial charge in [0.25, 0.3) is 0 Å². The molecule has 1 amide bonds. The Morgan fingerprint density at radius 3 is 2.26 bits per heavy atom. The van der Waals surface area contributed by atoms with Gasteiger partial charge in [-0.05, 0) is 25.5 Å². The zero-order valence-corrected chi connectivity index (χ0v) is 13.6. The summed E-state index contributed by atoms with van der Waals surface area (Å²) >= 11 is 18.1. The van der Waals surface area contributed by atoms with Gasteiger partial charge in [0.1, 0.15) is 0 Å². The molecule has 1 aromatic rings. The zero-order valence-electron chi connectivity index (χ0n) is 11.3. The molecule has 2 unspecified atom stereocenters. The normalized spacial score (nSPS) is 14.1. The van der Waals surface area contributed by atoms with E-state index in [2.05, 4.69) is 5.32 Å². The van der Waals surface area contributed by atoms with Crippen LogP contribution in [0.3, 0.4) is 0 Å². The van der Waals surface area contributed by atoms with Crippen LogP contribution < -0.4 is 5.32 Å². The van der Waals surface area contributed by atoms with Crippen LogP contribution in [0, 0.1) is 0 Å². The van der Waals surface area contributed by atoms with Crippen molar-refractivity contribution < 1.29 is 4.79 Å². The van der Waals surface area contributed by atoms with E-state index in [-0.39, 0.29) is 18.0 Å². The van der Waals surface area contributed by atoms with Crippen LogP contribution in [0.2, 0.25) is 15.1 Å². The van der Waals surface area contributed by atoms with Gasteiger partial charge in [0.05, 0.1) is 21.1 Å². The molecule has 0 saturated carbocycles. The second-order valence-electron chi connectivity index (χ2n) is 4.61. The highest BCUT2D eigenvalue weighted by molar-refractivity contribution is 6.48. The van der Waals surface area contributed by atoms with Gasteiger partial charge in [0.15, 0.2) is 0 Å². The van der Waals surface area contributed by atoms with E-state index in [0.29, 0.717) is 15.1 Å².